The molecule has 3 aromatic carbocycles. The third kappa shape index (κ3) is 5.43. The van der Waals surface area contributed by atoms with Gasteiger partial charge >= 0.3 is 0 Å². The van der Waals surface area contributed by atoms with Crippen LogP contribution in [-0.2, 0) is 0 Å². The van der Waals surface area contributed by atoms with Gasteiger partial charge in [-0.1, -0.05) is 39.8 Å². The molecule has 1 heterocycles. The lowest BCUT2D eigenvalue weighted by molar-refractivity contribution is 0.102. The second-order valence-corrected chi connectivity index (χ2v) is 8.82. The summed E-state index contributed by atoms with van der Waals surface area (Å²) in [6, 6.07) is 20.9. The van der Waals surface area contributed by atoms with E-state index in [2.05, 4.69) is 50.1 Å². The number of carbonyl (C=O) groups is 1. The first-order valence-electron chi connectivity index (χ1n) is 11.5. The number of hydrogen-bond acceptors (Lipinski definition) is 4. The second kappa shape index (κ2) is 9.90. The molecular formula is C28H30N2O3. The third-order valence-electron chi connectivity index (χ3n) is 5.66. The van der Waals surface area contributed by atoms with E-state index in [0.717, 1.165) is 28.8 Å². The highest BCUT2D eigenvalue weighted by atomic mass is 16.5. The van der Waals surface area contributed by atoms with Gasteiger partial charge in [-0.05, 0) is 78.4 Å². The van der Waals surface area contributed by atoms with Crippen molar-refractivity contribution >= 4 is 22.7 Å². The standard InChI is InChI=1S/C28H30N2O3/c1-5-19(4)21-11-14-26-25(16-21)30-28(33-26)22-7-6-8-23(15-22)29-27(31)20-9-12-24(13-10-20)32-17-18(2)3/h6-16,18-19H,5,17H2,1-4H3,(H,29,31)/t19-/m1/s1. The summed E-state index contributed by atoms with van der Waals surface area (Å²) in [5, 5.41) is 2.95. The molecular weight excluding hydrogens is 412 g/mol. The first-order valence-corrected chi connectivity index (χ1v) is 11.5. The molecule has 5 nitrogen and oxygen atoms in total. The molecule has 1 atom stereocenters. The lowest BCUT2D eigenvalue weighted by Gasteiger charge is -2.10. The van der Waals surface area contributed by atoms with Crippen LogP contribution in [0.5, 0.6) is 5.75 Å². The molecule has 0 spiro atoms. The van der Waals surface area contributed by atoms with E-state index in [0.29, 0.717) is 35.6 Å². The van der Waals surface area contributed by atoms with Crippen LogP contribution < -0.4 is 10.1 Å². The van der Waals surface area contributed by atoms with Crippen molar-refractivity contribution in [2.75, 3.05) is 11.9 Å². The number of nitrogens with zero attached hydrogens (tertiary/aromatic N) is 1. The van der Waals surface area contributed by atoms with Gasteiger partial charge in [-0.25, -0.2) is 4.98 Å². The van der Waals surface area contributed by atoms with Crippen molar-refractivity contribution in [2.45, 2.75) is 40.0 Å². The Kier molecular flexibility index (Phi) is 6.78. The van der Waals surface area contributed by atoms with Crippen LogP contribution in [0, 0.1) is 5.92 Å². The van der Waals surface area contributed by atoms with E-state index in [9.17, 15) is 4.79 Å². The van der Waals surface area contributed by atoms with Crippen LogP contribution in [0.25, 0.3) is 22.6 Å². The third-order valence-corrected chi connectivity index (χ3v) is 5.66. The summed E-state index contributed by atoms with van der Waals surface area (Å²) in [6.45, 7) is 9.23. The lowest BCUT2D eigenvalue weighted by atomic mass is 9.98. The Balaban J connectivity index is 1.49. The van der Waals surface area contributed by atoms with Gasteiger partial charge in [-0.15, -0.1) is 0 Å². The van der Waals surface area contributed by atoms with Crippen molar-refractivity contribution in [1.29, 1.82) is 0 Å². The minimum atomic E-state index is -0.182. The van der Waals surface area contributed by atoms with Crippen molar-refractivity contribution in [1.82, 2.24) is 4.98 Å². The van der Waals surface area contributed by atoms with Crippen molar-refractivity contribution in [3.63, 3.8) is 0 Å². The summed E-state index contributed by atoms with van der Waals surface area (Å²) in [4.78, 5) is 17.4. The van der Waals surface area contributed by atoms with E-state index in [1.54, 1.807) is 12.1 Å². The molecule has 0 unspecified atom stereocenters. The summed E-state index contributed by atoms with van der Waals surface area (Å²) >= 11 is 0. The van der Waals surface area contributed by atoms with E-state index in [-0.39, 0.29) is 5.91 Å². The molecule has 0 saturated heterocycles. The zero-order valence-corrected chi connectivity index (χ0v) is 19.6. The van der Waals surface area contributed by atoms with Gasteiger partial charge in [0.05, 0.1) is 6.61 Å². The fourth-order valence-electron chi connectivity index (χ4n) is 3.51. The summed E-state index contributed by atoms with van der Waals surface area (Å²) in [5.74, 6) is 2.04. The number of benzene rings is 3. The number of ether oxygens (including phenoxy) is 1. The largest absolute Gasteiger partial charge is 0.493 e. The molecule has 0 aliphatic heterocycles. The number of amides is 1. The molecule has 0 bridgehead atoms. The average Bonchev–Trinajstić information content (AvgIpc) is 3.26. The van der Waals surface area contributed by atoms with Crippen LogP contribution in [0.4, 0.5) is 5.69 Å². The first-order chi connectivity index (χ1) is 15.9. The number of aromatic nitrogens is 1. The van der Waals surface area contributed by atoms with Gasteiger partial charge in [0.1, 0.15) is 11.3 Å². The highest BCUT2D eigenvalue weighted by Crippen LogP contribution is 2.29. The van der Waals surface area contributed by atoms with Gasteiger partial charge < -0.3 is 14.5 Å². The Bertz CT molecular complexity index is 1240. The van der Waals surface area contributed by atoms with Crippen molar-refractivity contribution in [3.8, 4) is 17.2 Å². The highest BCUT2D eigenvalue weighted by molar-refractivity contribution is 6.04. The monoisotopic (exact) mass is 442 g/mol. The van der Waals surface area contributed by atoms with Crippen LogP contribution in [0.15, 0.2) is 71.1 Å². The molecule has 1 aromatic heterocycles. The molecule has 0 saturated carbocycles. The molecule has 1 N–H and O–H groups in total. The molecule has 4 rings (SSSR count). The SMILES string of the molecule is CC[C@@H](C)c1ccc2oc(-c3cccc(NC(=O)c4ccc(OCC(C)C)cc4)c3)nc2c1. The maximum atomic E-state index is 12.7. The fraction of sp³-hybridized carbons (Fsp3) is 0.286. The fourth-order valence-corrected chi connectivity index (χ4v) is 3.51. The van der Waals surface area contributed by atoms with Crippen LogP contribution in [0.3, 0.4) is 0 Å². The molecule has 5 heteroatoms. The molecule has 0 aliphatic rings. The van der Waals surface area contributed by atoms with E-state index >= 15 is 0 Å². The Labute approximate surface area is 194 Å². The van der Waals surface area contributed by atoms with Crippen LogP contribution in [-0.4, -0.2) is 17.5 Å². The number of carbonyl (C=O) groups excluding carboxylic acids is 1. The van der Waals surface area contributed by atoms with Crippen LogP contribution in [0.1, 0.15) is 56.0 Å². The molecule has 1 amide bonds. The van der Waals surface area contributed by atoms with E-state index in [1.165, 1.54) is 5.56 Å². The maximum absolute atomic E-state index is 12.7. The molecule has 170 valence electrons. The van der Waals surface area contributed by atoms with Crippen molar-refractivity contribution < 1.29 is 13.9 Å². The lowest BCUT2D eigenvalue weighted by Crippen LogP contribution is -2.12. The molecule has 0 fully saturated rings. The van der Waals surface area contributed by atoms with Crippen LogP contribution in [0.2, 0.25) is 0 Å². The Morgan fingerprint density at radius 1 is 1.03 bits per heavy atom. The molecule has 0 radical (unpaired) electrons. The second-order valence-electron chi connectivity index (χ2n) is 8.82. The van der Waals surface area contributed by atoms with Gasteiger partial charge in [0.2, 0.25) is 5.89 Å². The Morgan fingerprint density at radius 3 is 2.55 bits per heavy atom. The van der Waals surface area contributed by atoms with Gasteiger partial charge in [0.25, 0.3) is 5.91 Å². The van der Waals surface area contributed by atoms with Gasteiger partial charge in [-0.3, -0.25) is 4.79 Å². The van der Waals surface area contributed by atoms with Crippen molar-refractivity contribution in [3.05, 3.63) is 77.9 Å². The average molecular weight is 443 g/mol. The minimum absolute atomic E-state index is 0.182. The Hall–Kier alpha value is -3.60. The van der Waals surface area contributed by atoms with E-state index in [4.69, 9.17) is 9.15 Å². The number of oxazole rings is 1. The first kappa shape index (κ1) is 22.6. The van der Waals surface area contributed by atoms with E-state index < -0.39 is 0 Å². The topological polar surface area (TPSA) is 64.4 Å². The molecule has 33 heavy (non-hydrogen) atoms. The summed E-state index contributed by atoms with van der Waals surface area (Å²) in [6.07, 6.45) is 1.08. The number of hydrogen-bond donors (Lipinski definition) is 1. The normalized spacial score (nSPS) is 12.2. The van der Waals surface area contributed by atoms with E-state index in [1.807, 2.05) is 42.5 Å². The quantitative estimate of drug-likeness (QED) is 0.311. The number of anilines is 1. The number of rotatable bonds is 8. The zero-order valence-electron chi connectivity index (χ0n) is 19.6. The number of fused-ring (bicyclic) bond motifs is 1. The van der Waals surface area contributed by atoms with Gasteiger partial charge in [0.15, 0.2) is 5.58 Å². The highest BCUT2D eigenvalue weighted by Gasteiger charge is 2.13. The maximum Gasteiger partial charge on any atom is 0.255 e. The molecule has 0 aliphatic carbocycles. The predicted octanol–water partition coefficient (Wildman–Crippen LogP) is 7.30. The summed E-state index contributed by atoms with van der Waals surface area (Å²) in [7, 11) is 0. The van der Waals surface area contributed by atoms with Gasteiger partial charge in [-0.2, -0.15) is 0 Å². The van der Waals surface area contributed by atoms with Gasteiger partial charge in [0, 0.05) is 16.8 Å². The van der Waals surface area contributed by atoms with Crippen molar-refractivity contribution in [2.24, 2.45) is 5.92 Å². The predicted molar refractivity (Wildman–Crippen MR) is 133 cm³/mol. The summed E-state index contributed by atoms with van der Waals surface area (Å²) < 4.78 is 11.7. The Morgan fingerprint density at radius 2 is 1.82 bits per heavy atom. The smallest absolute Gasteiger partial charge is 0.255 e. The minimum Gasteiger partial charge on any atom is -0.493 e. The summed E-state index contributed by atoms with van der Waals surface area (Å²) in [5.41, 5.74) is 4.92. The van der Waals surface area contributed by atoms with Crippen LogP contribution >= 0.6 is 0 Å². The number of nitrogens with one attached hydrogen (secondary N) is 1. The molecule has 4 aromatic rings. The zero-order chi connectivity index (χ0) is 23.4.